The molecule has 136 valence electrons. The number of para-hydroxylation sites is 1. The van der Waals surface area contributed by atoms with E-state index >= 15 is 0 Å². The molecule has 0 aliphatic heterocycles. The van der Waals surface area contributed by atoms with E-state index in [9.17, 15) is 4.79 Å². The van der Waals surface area contributed by atoms with Gasteiger partial charge in [0.15, 0.2) is 0 Å². The fraction of sp³-hybridized carbons (Fsp3) is 0.316. The van der Waals surface area contributed by atoms with Crippen molar-refractivity contribution in [2.24, 2.45) is 0 Å². The lowest BCUT2D eigenvalue weighted by atomic mass is 9.97. The molecule has 0 saturated heterocycles. The fourth-order valence-corrected chi connectivity index (χ4v) is 3.78. The highest BCUT2D eigenvalue weighted by molar-refractivity contribution is 8.00. The van der Waals surface area contributed by atoms with Gasteiger partial charge >= 0.3 is 0 Å². The van der Waals surface area contributed by atoms with Crippen LogP contribution in [0.1, 0.15) is 38.7 Å². The third-order valence-corrected chi connectivity index (χ3v) is 5.94. The third-order valence-electron chi connectivity index (χ3n) is 4.15. The number of thiophene rings is 1. The molecule has 1 aromatic carbocycles. The maximum Gasteiger partial charge on any atom is 0.277 e. The Bertz CT molecular complexity index is 861. The average Bonchev–Trinajstić information content (AvgIpc) is 3.33. The highest BCUT2D eigenvalue weighted by Gasteiger charge is 2.20. The molecule has 0 spiro atoms. The zero-order valence-corrected chi connectivity index (χ0v) is 16.6. The Labute approximate surface area is 161 Å². The number of hydrogen-bond acceptors (Lipinski definition) is 6. The summed E-state index contributed by atoms with van der Waals surface area (Å²) < 4.78 is 5.65. The highest BCUT2D eigenvalue weighted by atomic mass is 32.2. The van der Waals surface area contributed by atoms with Crippen LogP contribution in [0.4, 0.5) is 5.69 Å². The Balaban J connectivity index is 1.66. The second kappa shape index (κ2) is 8.51. The van der Waals surface area contributed by atoms with Crippen LogP contribution in [0.3, 0.4) is 0 Å². The summed E-state index contributed by atoms with van der Waals surface area (Å²) in [6, 6.07) is 11.8. The smallest absolute Gasteiger partial charge is 0.277 e. The average molecular weight is 388 g/mol. The highest BCUT2D eigenvalue weighted by Crippen LogP contribution is 2.30. The molecule has 0 fully saturated rings. The molecule has 2 atom stereocenters. The van der Waals surface area contributed by atoms with Gasteiger partial charge in [-0.3, -0.25) is 4.79 Å². The van der Waals surface area contributed by atoms with Crippen LogP contribution in [0.2, 0.25) is 0 Å². The van der Waals surface area contributed by atoms with Gasteiger partial charge in [0.25, 0.3) is 11.1 Å². The number of nitrogens with zero attached hydrogens (tertiary/aromatic N) is 2. The van der Waals surface area contributed by atoms with Gasteiger partial charge in [0.1, 0.15) is 0 Å². The van der Waals surface area contributed by atoms with Crippen LogP contribution in [-0.2, 0) is 4.79 Å². The number of anilines is 1. The van der Waals surface area contributed by atoms with Gasteiger partial charge in [-0.1, -0.05) is 49.9 Å². The minimum atomic E-state index is -0.350. The monoisotopic (exact) mass is 387 g/mol. The van der Waals surface area contributed by atoms with Crippen LogP contribution in [0.15, 0.2) is 51.4 Å². The number of thioether (sulfide) groups is 1. The molecule has 3 rings (SSSR count). The molecule has 7 heteroatoms. The van der Waals surface area contributed by atoms with E-state index in [4.69, 9.17) is 4.42 Å². The molecule has 0 radical (unpaired) electrons. The van der Waals surface area contributed by atoms with Crippen molar-refractivity contribution in [3.05, 3.63) is 47.3 Å². The molecular formula is C19H21N3O2S2. The predicted octanol–water partition coefficient (Wildman–Crippen LogP) is 5.43. The second-order valence-corrected chi connectivity index (χ2v) is 8.24. The van der Waals surface area contributed by atoms with Crippen molar-refractivity contribution in [2.45, 2.75) is 43.6 Å². The van der Waals surface area contributed by atoms with E-state index in [1.807, 2.05) is 42.6 Å². The summed E-state index contributed by atoms with van der Waals surface area (Å²) in [7, 11) is 0. The van der Waals surface area contributed by atoms with Gasteiger partial charge in [-0.2, -0.15) is 0 Å². The minimum Gasteiger partial charge on any atom is -0.410 e. The first-order chi connectivity index (χ1) is 12.6. The van der Waals surface area contributed by atoms with E-state index in [0.29, 0.717) is 17.0 Å². The topological polar surface area (TPSA) is 68.0 Å². The Morgan fingerprint density at radius 2 is 2.04 bits per heavy atom. The summed E-state index contributed by atoms with van der Waals surface area (Å²) in [5.41, 5.74) is 2.02. The molecule has 5 nitrogen and oxygen atoms in total. The lowest BCUT2D eigenvalue weighted by Gasteiger charge is -2.17. The first-order valence-electron chi connectivity index (χ1n) is 8.52. The molecule has 0 aliphatic carbocycles. The SMILES string of the molecule is CCC(C)c1ccccc1NC(=O)C(C)Sc1nnc(-c2cccs2)o1. The molecule has 2 unspecified atom stereocenters. The summed E-state index contributed by atoms with van der Waals surface area (Å²) in [5, 5.41) is 13.1. The van der Waals surface area contributed by atoms with Crippen molar-refractivity contribution in [1.29, 1.82) is 0 Å². The number of rotatable bonds is 7. The Morgan fingerprint density at radius 3 is 2.77 bits per heavy atom. The van der Waals surface area contributed by atoms with Gasteiger partial charge in [0.05, 0.1) is 10.1 Å². The van der Waals surface area contributed by atoms with Crippen molar-refractivity contribution in [2.75, 3.05) is 5.32 Å². The fourth-order valence-electron chi connectivity index (χ4n) is 2.46. The quantitative estimate of drug-likeness (QED) is 0.547. The summed E-state index contributed by atoms with van der Waals surface area (Å²) in [4.78, 5) is 13.5. The number of hydrogen-bond donors (Lipinski definition) is 1. The number of carbonyl (C=O) groups is 1. The van der Waals surface area contributed by atoms with Crippen LogP contribution in [0.25, 0.3) is 10.8 Å². The first-order valence-corrected chi connectivity index (χ1v) is 10.3. The molecule has 0 bridgehead atoms. The molecule has 2 heterocycles. The van der Waals surface area contributed by atoms with E-state index in [-0.39, 0.29) is 11.2 Å². The summed E-state index contributed by atoms with van der Waals surface area (Å²) in [6.45, 7) is 6.14. The number of aromatic nitrogens is 2. The summed E-state index contributed by atoms with van der Waals surface area (Å²) in [6.07, 6.45) is 1.02. The molecule has 0 aliphatic rings. The van der Waals surface area contributed by atoms with E-state index < -0.39 is 0 Å². The van der Waals surface area contributed by atoms with Gasteiger partial charge in [-0.25, -0.2) is 0 Å². The minimum absolute atomic E-state index is 0.0818. The number of carbonyl (C=O) groups excluding carboxylic acids is 1. The largest absolute Gasteiger partial charge is 0.410 e. The van der Waals surface area contributed by atoms with Crippen LogP contribution < -0.4 is 5.32 Å². The molecule has 26 heavy (non-hydrogen) atoms. The Kier molecular flexibility index (Phi) is 6.11. The zero-order valence-electron chi connectivity index (χ0n) is 14.9. The van der Waals surface area contributed by atoms with E-state index in [1.54, 1.807) is 0 Å². The molecule has 0 saturated carbocycles. The van der Waals surface area contributed by atoms with Crippen LogP contribution in [-0.4, -0.2) is 21.4 Å². The van der Waals surface area contributed by atoms with Crippen molar-refractivity contribution >= 4 is 34.7 Å². The lowest BCUT2D eigenvalue weighted by Crippen LogP contribution is -2.23. The van der Waals surface area contributed by atoms with Gasteiger partial charge in [-0.15, -0.1) is 21.5 Å². The van der Waals surface area contributed by atoms with Crippen molar-refractivity contribution in [3.63, 3.8) is 0 Å². The normalized spacial score (nSPS) is 13.3. The molecule has 1 N–H and O–H groups in total. The maximum absolute atomic E-state index is 12.6. The third kappa shape index (κ3) is 4.34. The van der Waals surface area contributed by atoms with E-state index in [1.165, 1.54) is 23.1 Å². The molecular weight excluding hydrogens is 366 g/mol. The first kappa shape index (κ1) is 18.7. The van der Waals surface area contributed by atoms with Gasteiger partial charge in [0, 0.05) is 5.69 Å². The predicted molar refractivity (Wildman–Crippen MR) is 107 cm³/mol. The second-order valence-electron chi connectivity index (χ2n) is 6.00. The zero-order chi connectivity index (χ0) is 18.5. The summed E-state index contributed by atoms with van der Waals surface area (Å²) in [5.74, 6) is 0.789. The van der Waals surface area contributed by atoms with Crippen LogP contribution in [0.5, 0.6) is 0 Å². The molecule has 1 amide bonds. The molecule has 2 aromatic heterocycles. The van der Waals surface area contributed by atoms with Gasteiger partial charge in [-0.05, 0) is 42.3 Å². The van der Waals surface area contributed by atoms with Crippen LogP contribution in [0, 0.1) is 0 Å². The number of benzene rings is 1. The summed E-state index contributed by atoms with van der Waals surface area (Å²) >= 11 is 2.80. The van der Waals surface area contributed by atoms with Crippen LogP contribution >= 0.6 is 23.1 Å². The van der Waals surface area contributed by atoms with E-state index in [2.05, 4.69) is 35.4 Å². The maximum atomic E-state index is 12.6. The van der Waals surface area contributed by atoms with Crippen molar-refractivity contribution < 1.29 is 9.21 Å². The van der Waals surface area contributed by atoms with Crippen molar-refractivity contribution in [3.8, 4) is 10.8 Å². The Hall–Kier alpha value is -2.12. The molecule has 3 aromatic rings. The van der Waals surface area contributed by atoms with Crippen molar-refractivity contribution in [1.82, 2.24) is 10.2 Å². The van der Waals surface area contributed by atoms with E-state index in [0.717, 1.165) is 22.5 Å². The van der Waals surface area contributed by atoms with Gasteiger partial charge in [0.2, 0.25) is 5.91 Å². The van der Waals surface area contributed by atoms with Gasteiger partial charge < -0.3 is 9.73 Å². The number of amides is 1. The number of nitrogens with one attached hydrogen (secondary N) is 1. The Morgan fingerprint density at radius 1 is 1.23 bits per heavy atom. The standard InChI is InChI=1S/C19H21N3O2S2/c1-4-12(2)14-8-5-6-9-15(14)20-17(23)13(3)26-19-22-21-18(24-19)16-10-7-11-25-16/h5-13H,4H2,1-3H3,(H,20,23). The lowest BCUT2D eigenvalue weighted by molar-refractivity contribution is -0.115.